The summed E-state index contributed by atoms with van der Waals surface area (Å²) in [5.41, 5.74) is 0.551. The Bertz CT molecular complexity index is 1080. The molecule has 2 rings (SSSR count). The monoisotopic (exact) mass is 466 g/mol. The quantitative estimate of drug-likeness (QED) is 0.186. The third kappa shape index (κ3) is 4.51. The fourth-order valence-electron chi connectivity index (χ4n) is 3.02. The fraction of sp³-hybridized carbons (Fsp3) is 0. The van der Waals surface area contributed by atoms with E-state index in [-0.39, 0.29) is 27.8 Å². The maximum Gasteiger partial charge on any atom is 0.212 e. The van der Waals surface area contributed by atoms with Gasteiger partial charge in [0.25, 0.3) is 0 Å². The smallest absolute Gasteiger partial charge is 0.212 e. The summed E-state index contributed by atoms with van der Waals surface area (Å²) < 4.78 is 0. The fourth-order valence-corrected chi connectivity index (χ4v) is 5.47. The summed E-state index contributed by atoms with van der Waals surface area (Å²) in [4.78, 5) is 26.9. The Morgan fingerprint density at radius 2 is 1.13 bits per heavy atom. The molecule has 156 valence electrons. The van der Waals surface area contributed by atoms with Gasteiger partial charge < -0.3 is 21.6 Å². The zero-order chi connectivity index (χ0) is 23.3. The van der Waals surface area contributed by atoms with E-state index in [0.717, 1.165) is 24.9 Å². The van der Waals surface area contributed by atoms with Crippen molar-refractivity contribution in [1.29, 1.82) is 21.6 Å². The third-order valence-electron chi connectivity index (χ3n) is 4.51. The molecule has 0 bridgehead atoms. The van der Waals surface area contributed by atoms with E-state index in [9.17, 15) is 9.59 Å². The van der Waals surface area contributed by atoms with Crippen LogP contribution in [-0.4, -0.2) is 35.9 Å². The van der Waals surface area contributed by atoms with E-state index in [1.807, 2.05) is 0 Å². The molecule has 0 aromatic heterocycles. The number of hydrogen-bond donors (Lipinski definition) is 5. The molecule has 4 N–H and O–H groups in total. The number of carbonyl (C=O) groups excluding carboxylic acids is 2. The third-order valence-corrected chi connectivity index (χ3v) is 8.14. The first-order valence-corrected chi connectivity index (χ1v) is 12.7. The summed E-state index contributed by atoms with van der Waals surface area (Å²) in [5, 5.41) is 26.8. The van der Waals surface area contributed by atoms with Crippen LogP contribution in [0.3, 0.4) is 0 Å². The van der Waals surface area contributed by atoms with Crippen LogP contribution >= 0.6 is 17.5 Å². The van der Waals surface area contributed by atoms with Crippen LogP contribution < -0.4 is 0 Å². The predicted molar refractivity (Wildman–Crippen MR) is 137 cm³/mol. The molecule has 0 aliphatic rings. The van der Waals surface area contributed by atoms with Crippen LogP contribution in [0.1, 0.15) is 54.1 Å². The first kappa shape index (κ1) is 24.2. The van der Waals surface area contributed by atoms with E-state index in [2.05, 4.69) is 25.4 Å². The normalized spacial score (nSPS) is 12.2. The van der Waals surface area contributed by atoms with Gasteiger partial charge in [0.2, 0.25) is 11.0 Å². The van der Waals surface area contributed by atoms with E-state index in [1.54, 1.807) is 18.2 Å². The molecule has 31 heavy (non-hydrogen) atoms. The molecule has 9 heteroatoms. The lowest BCUT2D eigenvalue weighted by Gasteiger charge is -2.19. The molecule has 1 unspecified atom stereocenters. The van der Waals surface area contributed by atoms with Gasteiger partial charge in [0.1, 0.15) is 5.24 Å². The van der Waals surface area contributed by atoms with Gasteiger partial charge in [0.05, 0.1) is 0 Å². The van der Waals surface area contributed by atoms with Crippen LogP contribution in [0.25, 0.3) is 12.2 Å². The first-order chi connectivity index (χ1) is 14.7. The van der Waals surface area contributed by atoms with Crippen molar-refractivity contribution in [2.75, 3.05) is 0 Å². The molecule has 0 aliphatic carbocycles. The van der Waals surface area contributed by atoms with Crippen LogP contribution in [0.5, 0.6) is 0 Å². The van der Waals surface area contributed by atoms with Crippen molar-refractivity contribution in [3.05, 3.63) is 81.9 Å². The van der Waals surface area contributed by atoms with Gasteiger partial charge in [-0.15, -0.1) is 12.2 Å². The Morgan fingerprint density at radius 3 is 1.48 bits per heavy atom. The van der Waals surface area contributed by atoms with Gasteiger partial charge in [0.15, 0.2) is 0 Å². The zero-order valence-corrected chi connectivity index (χ0v) is 18.9. The second-order valence-electron chi connectivity index (χ2n) is 6.32. The maximum atomic E-state index is 13.5. The summed E-state index contributed by atoms with van der Waals surface area (Å²) in [7, 11) is 0. The molecule has 0 saturated carbocycles. The van der Waals surface area contributed by atoms with E-state index < -0.39 is 16.3 Å². The van der Waals surface area contributed by atoms with Crippen molar-refractivity contribution >= 4 is 77.4 Å². The van der Waals surface area contributed by atoms with Gasteiger partial charge in [-0.25, -0.2) is 0 Å². The van der Waals surface area contributed by atoms with Gasteiger partial charge in [-0.3, -0.25) is 9.59 Å². The Hall–Kier alpha value is -3.06. The molecular formula is C22H19N4O2PS2. The molecule has 0 heterocycles. The van der Waals surface area contributed by atoms with Gasteiger partial charge in [0, 0.05) is 52.7 Å². The van der Waals surface area contributed by atoms with Crippen molar-refractivity contribution in [1.82, 2.24) is 0 Å². The highest BCUT2D eigenvalue weighted by atomic mass is 32.9. The molecule has 0 fully saturated rings. The molecule has 0 spiro atoms. The SMILES string of the molecule is C=Cc1cc(C=N)c(C(=O)P(=S)(S)C(=O)c2c(C=C)cc(C=N)cc2C=N)c(C=N)c1. The average molecular weight is 467 g/mol. The average Bonchev–Trinajstić information content (AvgIpc) is 2.80. The van der Waals surface area contributed by atoms with Gasteiger partial charge in [-0.05, 0) is 41.0 Å². The first-order valence-electron chi connectivity index (χ1n) is 8.75. The van der Waals surface area contributed by atoms with Crippen molar-refractivity contribution in [3.63, 3.8) is 0 Å². The number of benzene rings is 2. The van der Waals surface area contributed by atoms with E-state index in [0.29, 0.717) is 16.7 Å². The van der Waals surface area contributed by atoms with Crippen molar-refractivity contribution < 1.29 is 9.59 Å². The summed E-state index contributed by atoms with van der Waals surface area (Å²) in [5.74, 6) is 0. The number of nitrogens with one attached hydrogen (secondary N) is 4. The molecule has 0 aliphatic heterocycles. The lowest BCUT2D eigenvalue weighted by atomic mass is 9.99. The van der Waals surface area contributed by atoms with Crippen LogP contribution in [0.4, 0.5) is 0 Å². The zero-order valence-electron chi connectivity index (χ0n) is 16.3. The second kappa shape index (κ2) is 9.83. The second-order valence-corrected chi connectivity index (χ2v) is 12.5. The van der Waals surface area contributed by atoms with Crippen molar-refractivity contribution in [2.45, 2.75) is 0 Å². The maximum absolute atomic E-state index is 13.5. The van der Waals surface area contributed by atoms with E-state index in [1.165, 1.54) is 18.2 Å². The topological polar surface area (TPSA) is 130 Å². The molecule has 0 radical (unpaired) electrons. The van der Waals surface area contributed by atoms with E-state index in [4.69, 9.17) is 33.4 Å². The molecule has 2 aromatic carbocycles. The molecular weight excluding hydrogens is 447 g/mol. The summed E-state index contributed by atoms with van der Waals surface area (Å²) in [6.45, 7) is 7.34. The van der Waals surface area contributed by atoms with Crippen LogP contribution in [0, 0.1) is 21.6 Å². The summed E-state index contributed by atoms with van der Waals surface area (Å²) in [6.07, 6.45) is 6.85. The minimum Gasteiger partial charge on any atom is -0.308 e. The van der Waals surface area contributed by atoms with Crippen LogP contribution in [0.2, 0.25) is 0 Å². The summed E-state index contributed by atoms with van der Waals surface area (Å²) >= 11 is 9.80. The molecule has 2 aromatic rings. The van der Waals surface area contributed by atoms with E-state index >= 15 is 0 Å². The van der Waals surface area contributed by atoms with Gasteiger partial charge in [-0.2, -0.15) is 0 Å². The van der Waals surface area contributed by atoms with Gasteiger partial charge >= 0.3 is 0 Å². The predicted octanol–water partition coefficient (Wildman–Crippen LogP) is 5.27. The number of hydrogen-bond acceptors (Lipinski definition) is 7. The van der Waals surface area contributed by atoms with Crippen molar-refractivity contribution in [3.8, 4) is 0 Å². The molecule has 1 atom stereocenters. The number of rotatable bonds is 10. The highest BCUT2D eigenvalue weighted by Gasteiger charge is 2.37. The number of carbonyl (C=O) groups is 2. The lowest BCUT2D eigenvalue weighted by molar-refractivity contribution is 0.105. The Kier molecular flexibility index (Phi) is 7.68. The largest absolute Gasteiger partial charge is 0.308 e. The summed E-state index contributed by atoms with van der Waals surface area (Å²) in [6, 6.07) is 6.10. The highest BCUT2D eigenvalue weighted by molar-refractivity contribution is 8.74. The van der Waals surface area contributed by atoms with Gasteiger partial charge in [-0.1, -0.05) is 37.1 Å². The molecule has 0 amide bonds. The Morgan fingerprint density at radius 1 is 0.742 bits per heavy atom. The standard InChI is InChI=1S/C22H19N4O2PS2/c1-3-13-5-16(10-24)20(17(6-13)11-25)22(28)29(30,31)21(27)19-15(4-2)7-14(9-23)8-18(19)12-26/h3-12,23-26H,1-2H2,(H,30,31). The van der Waals surface area contributed by atoms with Crippen LogP contribution in [-0.2, 0) is 11.8 Å². The Balaban J connectivity index is 2.76. The molecule has 0 saturated heterocycles. The highest BCUT2D eigenvalue weighted by Crippen LogP contribution is 2.57. The van der Waals surface area contributed by atoms with Crippen molar-refractivity contribution in [2.24, 2.45) is 0 Å². The lowest BCUT2D eigenvalue weighted by Crippen LogP contribution is -2.14. The molecule has 6 nitrogen and oxygen atoms in total. The minimum absolute atomic E-state index is 0.0186. The Labute approximate surface area is 190 Å². The minimum atomic E-state index is -3.72. The number of thiol groups is 1. The van der Waals surface area contributed by atoms with Crippen LogP contribution in [0.15, 0.2) is 37.4 Å².